The number of nitrogens with zero attached hydrogens (tertiary/aromatic N) is 2. The standard InChI is InChI=1S/C21H32N2O2/c1-17(2)21(24)23(20-9-14-25-15-10-20)12-5-11-22-13-8-18-6-3-4-7-19(18)16-22/h3-4,6-7,17,20H,5,8-16H2,1-2H3. The average Bonchev–Trinajstić information content (AvgIpc) is 2.65. The van der Waals surface area contributed by atoms with Crippen LogP contribution in [0.2, 0.25) is 0 Å². The minimum Gasteiger partial charge on any atom is -0.381 e. The molecule has 1 fully saturated rings. The average molecular weight is 344 g/mol. The van der Waals surface area contributed by atoms with Crippen LogP contribution in [0.15, 0.2) is 24.3 Å². The molecule has 1 aromatic rings. The Morgan fingerprint density at radius 3 is 2.68 bits per heavy atom. The van der Waals surface area contributed by atoms with E-state index in [-0.39, 0.29) is 5.92 Å². The summed E-state index contributed by atoms with van der Waals surface area (Å²) in [4.78, 5) is 17.3. The van der Waals surface area contributed by atoms with E-state index in [0.717, 1.165) is 65.1 Å². The summed E-state index contributed by atoms with van der Waals surface area (Å²) in [5.74, 6) is 0.376. The van der Waals surface area contributed by atoms with Gasteiger partial charge in [0.05, 0.1) is 0 Å². The Hall–Kier alpha value is -1.39. The van der Waals surface area contributed by atoms with Gasteiger partial charge in [-0.25, -0.2) is 0 Å². The maximum atomic E-state index is 12.7. The predicted molar refractivity (Wildman–Crippen MR) is 100 cm³/mol. The maximum absolute atomic E-state index is 12.7. The van der Waals surface area contributed by atoms with Crippen molar-refractivity contribution in [1.29, 1.82) is 0 Å². The molecule has 25 heavy (non-hydrogen) atoms. The number of amides is 1. The lowest BCUT2D eigenvalue weighted by molar-refractivity contribution is -0.138. The van der Waals surface area contributed by atoms with Gasteiger partial charge in [-0.3, -0.25) is 9.69 Å². The number of hydrogen-bond donors (Lipinski definition) is 0. The molecule has 1 aromatic carbocycles. The van der Waals surface area contributed by atoms with Crippen LogP contribution in [0.1, 0.15) is 44.2 Å². The second-order valence-electron chi connectivity index (χ2n) is 7.68. The summed E-state index contributed by atoms with van der Waals surface area (Å²) in [6, 6.07) is 9.14. The number of benzene rings is 1. The summed E-state index contributed by atoms with van der Waals surface area (Å²) in [6.07, 6.45) is 4.16. The van der Waals surface area contributed by atoms with Gasteiger partial charge in [-0.05, 0) is 36.8 Å². The molecule has 0 aliphatic carbocycles. The molecule has 3 rings (SSSR count). The van der Waals surface area contributed by atoms with Crippen LogP contribution in [-0.4, -0.2) is 54.6 Å². The van der Waals surface area contributed by atoms with E-state index >= 15 is 0 Å². The van der Waals surface area contributed by atoms with Crippen molar-refractivity contribution < 1.29 is 9.53 Å². The van der Waals surface area contributed by atoms with Gasteiger partial charge in [0.15, 0.2) is 0 Å². The Labute approximate surface area is 152 Å². The first-order chi connectivity index (χ1) is 12.1. The molecule has 138 valence electrons. The summed E-state index contributed by atoms with van der Waals surface area (Å²) >= 11 is 0. The second-order valence-corrected chi connectivity index (χ2v) is 7.68. The van der Waals surface area contributed by atoms with E-state index in [1.165, 1.54) is 11.1 Å². The Morgan fingerprint density at radius 1 is 1.24 bits per heavy atom. The molecule has 2 aliphatic rings. The van der Waals surface area contributed by atoms with Gasteiger partial charge in [-0.15, -0.1) is 0 Å². The van der Waals surface area contributed by atoms with E-state index in [4.69, 9.17) is 4.74 Å². The van der Waals surface area contributed by atoms with Crippen molar-refractivity contribution >= 4 is 5.91 Å². The fraction of sp³-hybridized carbons (Fsp3) is 0.667. The molecule has 0 radical (unpaired) electrons. The predicted octanol–water partition coefficient (Wildman–Crippen LogP) is 3.10. The Morgan fingerprint density at radius 2 is 1.96 bits per heavy atom. The highest BCUT2D eigenvalue weighted by Crippen LogP contribution is 2.20. The number of carbonyl (C=O) groups is 1. The van der Waals surface area contributed by atoms with Crippen LogP contribution in [0.25, 0.3) is 0 Å². The number of hydrogen-bond acceptors (Lipinski definition) is 3. The highest BCUT2D eigenvalue weighted by Gasteiger charge is 2.27. The molecule has 4 nitrogen and oxygen atoms in total. The van der Waals surface area contributed by atoms with Gasteiger partial charge in [0.2, 0.25) is 5.91 Å². The number of ether oxygens (including phenoxy) is 1. The van der Waals surface area contributed by atoms with Crippen molar-refractivity contribution in [2.45, 2.75) is 52.1 Å². The monoisotopic (exact) mass is 344 g/mol. The molecule has 0 atom stereocenters. The lowest BCUT2D eigenvalue weighted by atomic mass is 10.00. The molecule has 0 bridgehead atoms. The highest BCUT2D eigenvalue weighted by atomic mass is 16.5. The van der Waals surface area contributed by atoms with E-state index in [0.29, 0.717) is 11.9 Å². The third kappa shape index (κ3) is 4.83. The molecule has 2 aliphatic heterocycles. The molecule has 0 unspecified atom stereocenters. The molecule has 1 saturated heterocycles. The van der Waals surface area contributed by atoms with Crippen molar-refractivity contribution in [3.05, 3.63) is 35.4 Å². The normalized spacial score (nSPS) is 19.0. The van der Waals surface area contributed by atoms with E-state index in [2.05, 4.69) is 34.1 Å². The highest BCUT2D eigenvalue weighted by molar-refractivity contribution is 5.78. The Bertz CT molecular complexity index is 567. The lowest BCUT2D eigenvalue weighted by Gasteiger charge is -2.36. The minimum atomic E-state index is 0.0738. The molecule has 0 saturated carbocycles. The quantitative estimate of drug-likeness (QED) is 0.795. The first-order valence-electron chi connectivity index (χ1n) is 9.82. The fourth-order valence-corrected chi connectivity index (χ4v) is 4.01. The van der Waals surface area contributed by atoms with Crippen LogP contribution in [0.4, 0.5) is 0 Å². The smallest absolute Gasteiger partial charge is 0.225 e. The summed E-state index contributed by atoms with van der Waals surface area (Å²) < 4.78 is 5.48. The van der Waals surface area contributed by atoms with Crippen LogP contribution in [0.5, 0.6) is 0 Å². The van der Waals surface area contributed by atoms with Crippen molar-refractivity contribution in [3.63, 3.8) is 0 Å². The molecule has 1 amide bonds. The SMILES string of the molecule is CC(C)C(=O)N(CCCN1CCc2ccccc2C1)C1CCOCC1. The molecule has 0 aromatic heterocycles. The summed E-state index contributed by atoms with van der Waals surface area (Å²) in [5.41, 5.74) is 2.96. The first kappa shape index (κ1) is 18.4. The van der Waals surface area contributed by atoms with Gasteiger partial charge in [-0.1, -0.05) is 38.1 Å². The molecular formula is C21H32N2O2. The van der Waals surface area contributed by atoms with Crippen molar-refractivity contribution in [3.8, 4) is 0 Å². The largest absolute Gasteiger partial charge is 0.381 e. The third-order valence-corrected chi connectivity index (χ3v) is 5.49. The zero-order chi connectivity index (χ0) is 17.6. The molecule has 2 heterocycles. The van der Waals surface area contributed by atoms with E-state index in [9.17, 15) is 4.79 Å². The van der Waals surface area contributed by atoms with Gasteiger partial charge in [-0.2, -0.15) is 0 Å². The fourth-order valence-electron chi connectivity index (χ4n) is 4.01. The maximum Gasteiger partial charge on any atom is 0.225 e. The minimum absolute atomic E-state index is 0.0738. The Kier molecular flexibility index (Phi) is 6.49. The molecule has 0 N–H and O–H groups in total. The number of fused-ring (bicyclic) bond motifs is 1. The summed E-state index contributed by atoms with van der Waals surface area (Å²) in [6.45, 7) is 9.72. The molecule has 0 spiro atoms. The van der Waals surface area contributed by atoms with Crippen molar-refractivity contribution in [2.24, 2.45) is 5.92 Å². The zero-order valence-corrected chi connectivity index (χ0v) is 15.7. The third-order valence-electron chi connectivity index (χ3n) is 5.49. The number of rotatable bonds is 6. The van der Waals surface area contributed by atoms with Crippen LogP contribution >= 0.6 is 0 Å². The molecule has 4 heteroatoms. The van der Waals surface area contributed by atoms with Crippen molar-refractivity contribution in [1.82, 2.24) is 9.80 Å². The Balaban J connectivity index is 1.52. The van der Waals surface area contributed by atoms with Gasteiger partial charge >= 0.3 is 0 Å². The summed E-state index contributed by atoms with van der Waals surface area (Å²) in [7, 11) is 0. The number of carbonyl (C=O) groups excluding carboxylic acids is 1. The van der Waals surface area contributed by atoms with Gasteiger partial charge in [0, 0.05) is 51.4 Å². The van der Waals surface area contributed by atoms with E-state index < -0.39 is 0 Å². The lowest BCUT2D eigenvalue weighted by Crippen LogP contribution is -2.46. The van der Waals surface area contributed by atoms with Gasteiger partial charge < -0.3 is 9.64 Å². The first-order valence-corrected chi connectivity index (χ1v) is 9.82. The zero-order valence-electron chi connectivity index (χ0n) is 15.7. The van der Waals surface area contributed by atoms with Crippen LogP contribution in [0, 0.1) is 5.92 Å². The van der Waals surface area contributed by atoms with Crippen LogP contribution < -0.4 is 0 Å². The molecular weight excluding hydrogens is 312 g/mol. The summed E-state index contributed by atoms with van der Waals surface area (Å²) in [5, 5.41) is 0. The van der Waals surface area contributed by atoms with Gasteiger partial charge in [0.1, 0.15) is 0 Å². The van der Waals surface area contributed by atoms with Crippen molar-refractivity contribution in [2.75, 3.05) is 32.8 Å². The van der Waals surface area contributed by atoms with Crippen LogP contribution in [-0.2, 0) is 22.5 Å². The topological polar surface area (TPSA) is 32.8 Å². The van der Waals surface area contributed by atoms with Crippen LogP contribution in [0.3, 0.4) is 0 Å². The second kappa shape index (κ2) is 8.81. The van der Waals surface area contributed by atoms with E-state index in [1.54, 1.807) is 0 Å². The van der Waals surface area contributed by atoms with E-state index in [1.807, 2.05) is 13.8 Å². The van der Waals surface area contributed by atoms with Gasteiger partial charge in [0.25, 0.3) is 0 Å².